The van der Waals surface area contributed by atoms with Gasteiger partial charge in [-0.05, 0) is 36.5 Å². The minimum atomic E-state index is -0.492. The Labute approximate surface area is 148 Å². The topological polar surface area (TPSA) is 49.4 Å². The fraction of sp³-hybridized carbons (Fsp3) is 0.333. The molecule has 0 unspecified atom stereocenters. The van der Waals surface area contributed by atoms with Crippen molar-refractivity contribution in [3.63, 3.8) is 0 Å². The van der Waals surface area contributed by atoms with E-state index in [4.69, 9.17) is 0 Å². The molecule has 0 spiro atoms. The normalized spacial score (nSPS) is 14.5. The Kier molecular flexibility index (Phi) is 5.49. The van der Waals surface area contributed by atoms with E-state index < -0.39 is 6.04 Å². The van der Waals surface area contributed by atoms with Gasteiger partial charge in [0.25, 0.3) is 0 Å². The van der Waals surface area contributed by atoms with Crippen molar-refractivity contribution in [3.8, 4) is 0 Å². The summed E-state index contributed by atoms with van der Waals surface area (Å²) < 4.78 is 0. The van der Waals surface area contributed by atoms with E-state index in [2.05, 4.69) is 17.4 Å². The molecule has 130 valence electrons. The van der Waals surface area contributed by atoms with Gasteiger partial charge < -0.3 is 10.2 Å². The maximum absolute atomic E-state index is 12.6. The van der Waals surface area contributed by atoms with Gasteiger partial charge in [0.05, 0.1) is 0 Å². The highest BCUT2D eigenvalue weighted by atomic mass is 16.2. The number of benzene rings is 2. The summed E-state index contributed by atoms with van der Waals surface area (Å²) in [6.07, 6.45) is 1.95. The Bertz CT molecular complexity index is 743. The molecule has 0 aliphatic carbocycles. The van der Waals surface area contributed by atoms with E-state index in [-0.39, 0.29) is 11.8 Å². The zero-order chi connectivity index (χ0) is 17.6. The molecule has 1 heterocycles. The van der Waals surface area contributed by atoms with Gasteiger partial charge in [-0.1, -0.05) is 54.6 Å². The van der Waals surface area contributed by atoms with E-state index in [1.54, 1.807) is 6.92 Å². The molecule has 3 rings (SSSR count). The molecular formula is C21H24N2O2. The molecule has 0 saturated heterocycles. The van der Waals surface area contributed by atoms with Crippen molar-refractivity contribution in [2.45, 2.75) is 38.8 Å². The van der Waals surface area contributed by atoms with E-state index in [1.165, 1.54) is 11.1 Å². The number of carbonyl (C=O) groups is 2. The fourth-order valence-corrected chi connectivity index (χ4v) is 3.24. The van der Waals surface area contributed by atoms with E-state index >= 15 is 0 Å². The molecule has 0 aromatic heterocycles. The van der Waals surface area contributed by atoms with Gasteiger partial charge in [-0.2, -0.15) is 0 Å². The average molecular weight is 336 g/mol. The molecule has 0 bridgehead atoms. The SMILES string of the molecule is C[C@@H](NC(=O)CCc1ccccc1)C(=O)N1CCc2ccccc2C1. The lowest BCUT2D eigenvalue weighted by Crippen LogP contribution is -2.48. The summed E-state index contributed by atoms with van der Waals surface area (Å²) in [5.74, 6) is -0.0929. The summed E-state index contributed by atoms with van der Waals surface area (Å²) in [6.45, 7) is 3.10. The van der Waals surface area contributed by atoms with Crippen LogP contribution in [0.25, 0.3) is 0 Å². The third-order valence-electron chi connectivity index (χ3n) is 4.67. The van der Waals surface area contributed by atoms with Crippen molar-refractivity contribution in [2.75, 3.05) is 6.54 Å². The average Bonchev–Trinajstić information content (AvgIpc) is 2.66. The van der Waals surface area contributed by atoms with Crippen LogP contribution in [-0.4, -0.2) is 29.3 Å². The molecule has 25 heavy (non-hydrogen) atoms. The van der Waals surface area contributed by atoms with Gasteiger partial charge in [0.15, 0.2) is 0 Å². The predicted octanol–water partition coefficient (Wildman–Crippen LogP) is 2.71. The molecule has 2 aromatic rings. The number of hydrogen-bond acceptors (Lipinski definition) is 2. The highest BCUT2D eigenvalue weighted by Gasteiger charge is 2.25. The van der Waals surface area contributed by atoms with Crippen molar-refractivity contribution in [3.05, 3.63) is 71.3 Å². The first kappa shape index (κ1) is 17.2. The first-order chi connectivity index (χ1) is 12.1. The van der Waals surface area contributed by atoms with Gasteiger partial charge in [-0.3, -0.25) is 9.59 Å². The number of hydrogen-bond donors (Lipinski definition) is 1. The Morgan fingerprint density at radius 3 is 2.48 bits per heavy atom. The summed E-state index contributed by atoms with van der Waals surface area (Å²) in [5.41, 5.74) is 3.64. The van der Waals surface area contributed by atoms with E-state index in [0.717, 1.165) is 12.0 Å². The lowest BCUT2D eigenvalue weighted by Gasteiger charge is -2.31. The Morgan fingerprint density at radius 1 is 1.04 bits per heavy atom. The number of rotatable bonds is 5. The molecule has 0 fully saturated rings. The van der Waals surface area contributed by atoms with Gasteiger partial charge in [0, 0.05) is 19.5 Å². The lowest BCUT2D eigenvalue weighted by atomic mass is 9.99. The monoisotopic (exact) mass is 336 g/mol. The van der Waals surface area contributed by atoms with Crippen molar-refractivity contribution in [1.82, 2.24) is 10.2 Å². The second-order valence-corrected chi connectivity index (χ2v) is 6.55. The summed E-state index contributed by atoms with van der Waals surface area (Å²) in [7, 11) is 0. The number of fused-ring (bicyclic) bond motifs is 1. The largest absolute Gasteiger partial charge is 0.345 e. The van der Waals surface area contributed by atoms with Crippen molar-refractivity contribution in [1.29, 1.82) is 0 Å². The molecule has 0 saturated carbocycles. The van der Waals surface area contributed by atoms with E-state index in [0.29, 0.717) is 25.9 Å². The molecule has 2 aromatic carbocycles. The smallest absolute Gasteiger partial charge is 0.245 e. The first-order valence-electron chi connectivity index (χ1n) is 8.82. The number of amides is 2. The molecule has 1 aliphatic heterocycles. The van der Waals surface area contributed by atoms with Crippen LogP contribution < -0.4 is 5.32 Å². The predicted molar refractivity (Wildman–Crippen MR) is 97.9 cm³/mol. The van der Waals surface area contributed by atoms with Crippen LogP contribution in [0.15, 0.2) is 54.6 Å². The molecule has 1 N–H and O–H groups in total. The van der Waals surface area contributed by atoms with Crippen LogP contribution in [0.3, 0.4) is 0 Å². The Morgan fingerprint density at radius 2 is 1.72 bits per heavy atom. The van der Waals surface area contributed by atoms with Crippen LogP contribution in [0, 0.1) is 0 Å². The highest BCUT2D eigenvalue weighted by Crippen LogP contribution is 2.19. The fourth-order valence-electron chi connectivity index (χ4n) is 3.24. The van der Waals surface area contributed by atoms with E-state index in [1.807, 2.05) is 47.4 Å². The van der Waals surface area contributed by atoms with Gasteiger partial charge in [-0.15, -0.1) is 0 Å². The van der Waals surface area contributed by atoms with Crippen molar-refractivity contribution >= 4 is 11.8 Å². The first-order valence-corrected chi connectivity index (χ1v) is 8.82. The van der Waals surface area contributed by atoms with Crippen LogP contribution in [0.2, 0.25) is 0 Å². The standard InChI is InChI=1S/C21H24N2O2/c1-16(22-20(24)12-11-17-7-3-2-4-8-17)21(25)23-14-13-18-9-5-6-10-19(18)15-23/h2-10,16H,11-15H2,1H3,(H,22,24)/t16-/m1/s1. The summed E-state index contributed by atoms with van der Waals surface area (Å²) in [4.78, 5) is 26.6. The molecule has 2 amide bonds. The second-order valence-electron chi connectivity index (χ2n) is 6.55. The summed E-state index contributed by atoms with van der Waals surface area (Å²) in [6, 6.07) is 17.6. The summed E-state index contributed by atoms with van der Waals surface area (Å²) in [5, 5.41) is 2.84. The molecule has 0 radical (unpaired) electrons. The van der Waals surface area contributed by atoms with Gasteiger partial charge >= 0.3 is 0 Å². The lowest BCUT2D eigenvalue weighted by molar-refractivity contribution is -0.136. The van der Waals surface area contributed by atoms with Crippen LogP contribution in [-0.2, 0) is 29.0 Å². The number of nitrogens with one attached hydrogen (secondary N) is 1. The van der Waals surface area contributed by atoms with Crippen molar-refractivity contribution < 1.29 is 9.59 Å². The number of nitrogens with zero attached hydrogens (tertiary/aromatic N) is 1. The third-order valence-corrected chi connectivity index (χ3v) is 4.67. The zero-order valence-electron chi connectivity index (χ0n) is 14.6. The van der Waals surface area contributed by atoms with Crippen LogP contribution in [0.1, 0.15) is 30.0 Å². The Balaban J connectivity index is 1.50. The molecule has 1 atom stereocenters. The number of aryl methyl sites for hydroxylation is 1. The van der Waals surface area contributed by atoms with Crippen LogP contribution in [0.5, 0.6) is 0 Å². The van der Waals surface area contributed by atoms with Gasteiger partial charge in [0.2, 0.25) is 11.8 Å². The minimum Gasteiger partial charge on any atom is -0.345 e. The van der Waals surface area contributed by atoms with Gasteiger partial charge in [-0.25, -0.2) is 0 Å². The Hall–Kier alpha value is -2.62. The van der Waals surface area contributed by atoms with Crippen LogP contribution >= 0.6 is 0 Å². The molecule has 4 heteroatoms. The highest BCUT2D eigenvalue weighted by molar-refractivity contribution is 5.87. The number of carbonyl (C=O) groups excluding carboxylic acids is 2. The maximum atomic E-state index is 12.6. The third kappa shape index (κ3) is 4.47. The van der Waals surface area contributed by atoms with Gasteiger partial charge in [0.1, 0.15) is 6.04 Å². The van der Waals surface area contributed by atoms with E-state index in [9.17, 15) is 9.59 Å². The van der Waals surface area contributed by atoms with Crippen LogP contribution in [0.4, 0.5) is 0 Å². The maximum Gasteiger partial charge on any atom is 0.245 e. The second kappa shape index (κ2) is 7.97. The zero-order valence-corrected chi connectivity index (χ0v) is 14.6. The molecule has 1 aliphatic rings. The molecule has 4 nitrogen and oxygen atoms in total. The molecular weight excluding hydrogens is 312 g/mol. The van der Waals surface area contributed by atoms with Crippen molar-refractivity contribution in [2.24, 2.45) is 0 Å². The summed E-state index contributed by atoms with van der Waals surface area (Å²) >= 11 is 0. The minimum absolute atomic E-state index is 0.0115. The quantitative estimate of drug-likeness (QED) is 0.913.